The van der Waals surface area contributed by atoms with Crippen LogP contribution in [0.15, 0.2) is 41.3 Å². The molecule has 4 rings (SSSR count). The number of hydrogen-bond donors (Lipinski definition) is 0. The van der Waals surface area contributed by atoms with E-state index in [1.54, 1.807) is 35.2 Å². The van der Waals surface area contributed by atoms with Crippen LogP contribution in [0.2, 0.25) is 0 Å². The van der Waals surface area contributed by atoms with E-state index in [1.165, 1.54) is 23.3 Å². The second-order valence-electron chi connectivity index (χ2n) is 8.66. The highest BCUT2D eigenvalue weighted by Crippen LogP contribution is 2.31. The predicted octanol–water partition coefficient (Wildman–Crippen LogP) is 5.68. The van der Waals surface area contributed by atoms with Crippen molar-refractivity contribution in [2.24, 2.45) is 0 Å². The van der Waals surface area contributed by atoms with E-state index in [2.05, 4.69) is 30.9 Å². The smallest absolute Gasteiger partial charge is 0.228 e. The molecule has 0 bridgehead atoms. The average molecular weight is 502 g/mol. The third kappa shape index (κ3) is 6.78. The Kier molecular flexibility index (Phi) is 8.94. The van der Waals surface area contributed by atoms with Crippen molar-refractivity contribution in [3.63, 3.8) is 0 Å². The number of nitrogens with zero attached hydrogens (tertiary/aromatic N) is 3. The van der Waals surface area contributed by atoms with E-state index < -0.39 is 0 Å². The van der Waals surface area contributed by atoms with Gasteiger partial charge in [0.25, 0.3) is 0 Å². The van der Waals surface area contributed by atoms with Crippen molar-refractivity contribution in [1.29, 1.82) is 0 Å². The molecule has 34 heavy (non-hydrogen) atoms. The Morgan fingerprint density at radius 1 is 1.15 bits per heavy atom. The van der Waals surface area contributed by atoms with Crippen LogP contribution in [-0.4, -0.2) is 60.9 Å². The molecular formula is C26H32FN3O2S2. The van der Waals surface area contributed by atoms with Gasteiger partial charge in [-0.15, -0.1) is 11.8 Å². The lowest BCUT2D eigenvalue weighted by Crippen LogP contribution is -2.39. The van der Waals surface area contributed by atoms with E-state index in [4.69, 9.17) is 9.72 Å². The zero-order chi connectivity index (χ0) is 23.9. The third-order valence-corrected chi connectivity index (χ3v) is 8.24. The molecule has 0 N–H and O–H groups in total. The third-order valence-electron chi connectivity index (χ3n) is 6.10. The lowest BCUT2D eigenvalue weighted by atomic mass is 10.1. The minimum absolute atomic E-state index is 0.120. The van der Waals surface area contributed by atoms with Gasteiger partial charge in [0.15, 0.2) is 5.13 Å². The number of fused-ring (bicyclic) bond motifs is 1. The summed E-state index contributed by atoms with van der Waals surface area (Å²) in [6.45, 7) is 9.30. The van der Waals surface area contributed by atoms with Crippen molar-refractivity contribution in [3.05, 3.63) is 53.3 Å². The number of aryl methyl sites for hydroxylation is 2. The fraction of sp³-hybridized carbons (Fsp3) is 0.462. The minimum atomic E-state index is -0.228. The molecule has 0 radical (unpaired) electrons. The van der Waals surface area contributed by atoms with Gasteiger partial charge in [-0.25, -0.2) is 9.37 Å². The van der Waals surface area contributed by atoms with Crippen molar-refractivity contribution in [2.75, 3.05) is 50.0 Å². The molecule has 1 aliphatic rings. The Balaban J connectivity index is 1.39. The van der Waals surface area contributed by atoms with E-state index in [0.29, 0.717) is 13.0 Å². The SMILES string of the molecule is Cc1cc2nc(N(CCCN3CCOCC3)C(=O)CCCSc3ccc(F)cc3)sc2cc1C. The van der Waals surface area contributed by atoms with Crippen LogP contribution in [0.3, 0.4) is 0 Å². The molecule has 1 amide bonds. The number of carbonyl (C=O) groups excluding carboxylic acids is 1. The monoisotopic (exact) mass is 501 g/mol. The van der Waals surface area contributed by atoms with E-state index >= 15 is 0 Å². The summed E-state index contributed by atoms with van der Waals surface area (Å²) < 4.78 is 19.7. The van der Waals surface area contributed by atoms with Gasteiger partial charge in [0.05, 0.1) is 23.4 Å². The first kappa shape index (κ1) is 25.1. The molecule has 2 aromatic carbocycles. The molecular weight excluding hydrogens is 469 g/mol. The highest BCUT2D eigenvalue weighted by molar-refractivity contribution is 7.99. The lowest BCUT2D eigenvalue weighted by molar-refractivity contribution is -0.118. The van der Waals surface area contributed by atoms with Crippen LogP contribution in [0.5, 0.6) is 0 Å². The van der Waals surface area contributed by atoms with E-state index in [0.717, 1.165) is 71.7 Å². The normalized spacial score (nSPS) is 14.6. The first-order valence-corrected chi connectivity index (χ1v) is 13.7. The molecule has 1 aromatic heterocycles. The molecule has 8 heteroatoms. The maximum atomic E-state index is 13.3. The van der Waals surface area contributed by atoms with Crippen LogP contribution in [0.4, 0.5) is 9.52 Å². The Labute approximate surface area is 209 Å². The van der Waals surface area contributed by atoms with Crippen LogP contribution in [0, 0.1) is 19.7 Å². The van der Waals surface area contributed by atoms with Gasteiger partial charge in [0.2, 0.25) is 5.91 Å². The number of aromatic nitrogens is 1. The molecule has 0 aliphatic carbocycles. The first-order valence-electron chi connectivity index (χ1n) is 11.9. The van der Waals surface area contributed by atoms with Gasteiger partial charge in [-0.05, 0) is 80.0 Å². The fourth-order valence-electron chi connectivity index (χ4n) is 3.97. The van der Waals surface area contributed by atoms with Crippen molar-refractivity contribution in [2.45, 2.75) is 38.0 Å². The molecule has 0 spiro atoms. The van der Waals surface area contributed by atoms with Gasteiger partial charge in [-0.1, -0.05) is 11.3 Å². The average Bonchev–Trinajstić information content (AvgIpc) is 3.23. The predicted molar refractivity (Wildman–Crippen MR) is 140 cm³/mol. The number of thioether (sulfide) groups is 1. The zero-order valence-corrected chi connectivity index (χ0v) is 21.5. The van der Waals surface area contributed by atoms with Crippen molar-refractivity contribution < 1.29 is 13.9 Å². The van der Waals surface area contributed by atoms with Crippen molar-refractivity contribution >= 4 is 44.4 Å². The summed E-state index contributed by atoms with van der Waals surface area (Å²) in [5.74, 6) is 0.708. The van der Waals surface area contributed by atoms with Gasteiger partial charge < -0.3 is 4.74 Å². The Hall–Kier alpha value is -2.00. The second kappa shape index (κ2) is 12.1. The highest BCUT2D eigenvalue weighted by atomic mass is 32.2. The number of halogens is 1. The van der Waals surface area contributed by atoms with Gasteiger partial charge in [-0.2, -0.15) is 0 Å². The lowest BCUT2D eigenvalue weighted by Gasteiger charge is -2.27. The molecule has 1 aliphatic heterocycles. The molecule has 0 unspecified atom stereocenters. The molecule has 2 heterocycles. The largest absolute Gasteiger partial charge is 0.379 e. The summed E-state index contributed by atoms with van der Waals surface area (Å²) in [6, 6.07) is 10.8. The van der Waals surface area contributed by atoms with E-state index in [1.807, 2.05) is 4.90 Å². The minimum Gasteiger partial charge on any atom is -0.379 e. The van der Waals surface area contributed by atoms with Crippen molar-refractivity contribution in [1.82, 2.24) is 9.88 Å². The number of morpholine rings is 1. The standard InChI is InChI=1S/C26H32FN3O2S2/c1-19-17-23-24(18-20(19)2)34-26(28-23)30(11-4-10-29-12-14-32-15-13-29)25(31)5-3-16-33-22-8-6-21(27)7-9-22/h6-9,17-18H,3-5,10-16H2,1-2H3. The summed E-state index contributed by atoms with van der Waals surface area (Å²) in [4.78, 5) is 23.4. The van der Waals surface area contributed by atoms with Gasteiger partial charge in [0.1, 0.15) is 5.82 Å². The van der Waals surface area contributed by atoms with Gasteiger partial charge in [0, 0.05) is 37.5 Å². The van der Waals surface area contributed by atoms with E-state index in [-0.39, 0.29) is 11.7 Å². The number of ether oxygens (including phenoxy) is 1. The van der Waals surface area contributed by atoms with Crippen LogP contribution in [-0.2, 0) is 9.53 Å². The zero-order valence-electron chi connectivity index (χ0n) is 19.9. The number of hydrogen-bond acceptors (Lipinski definition) is 6. The molecule has 1 fully saturated rings. The number of carbonyl (C=O) groups is 1. The quantitative estimate of drug-likeness (QED) is 0.264. The summed E-state index contributed by atoms with van der Waals surface area (Å²) in [5.41, 5.74) is 3.42. The van der Waals surface area contributed by atoms with Crippen molar-refractivity contribution in [3.8, 4) is 0 Å². The second-order valence-corrected chi connectivity index (χ2v) is 10.8. The summed E-state index contributed by atoms with van der Waals surface area (Å²) in [7, 11) is 0. The van der Waals surface area contributed by atoms with E-state index in [9.17, 15) is 9.18 Å². The maximum Gasteiger partial charge on any atom is 0.228 e. The van der Waals surface area contributed by atoms with Gasteiger partial charge in [-0.3, -0.25) is 14.6 Å². The van der Waals surface area contributed by atoms with Crippen LogP contribution >= 0.6 is 23.1 Å². The maximum absolute atomic E-state index is 13.3. The number of rotatable bonds is 10. The van der Waals surface area contributed by atoms with Crippen LogP contribution in [0.25, 0.3) is 10.2 Å². The Morgan fingerprint density at radius 3 is 2.65 bits per heavy atom. The molecule has 0 saturated carbocycles. The number of amides is 1. The number of thiazole rings is 1. The fourth-order valence-corrected chi connectivity index (χ4v) is 5.91. The topological polar surface area (TPSA) is 45.7 Å². The van der Waals surface area contributed by atoms with Crippen LogP contribution in [0.1, 0.15) is 30.4 Å². The summed E-state index contributed by atoms with van der Waals surface area (Å²) >= 11 is 3.25. The highest BCUT2D eigenvalue weighted by Gasteiger charge is 2.20. The summed E-state index contributed by atoms with van der Waals surface area (Å²) in [6.07, 6.45) is 2.15. The molecule has 1 saturated heterocycles. The number of benzene rings is 2. The Morgan fingerprint density at radius 2 is 1.88 bits per heavy atom. The van der Waals surface area contributed by atoms with Gasteiger partial charge >= 0.3 is 0 Å². The number of anilines is 1. The molecule has 5 nitrogen and oxygen atoms in total. The first-order chi connectivity index (χ1) is 16.5. The Bertz CT molecular complexity index is 1060. The molecule has 0 atom stereocenters. The summed E-state index contributed by atoms with van der Waals surface area (Å²) in [5, 5.41) is 0.790. The van der Waals surface area contributed by atoms with Crippen LogP contribution < -0.4 is 4.90 Å². The molecule has 3 aromatic rings. The molecule has 182 valence electrons.